The van der Waals surface area contributed by atoms with Crippen LogP contribution in [0.15, 0.2) is 24.3 Å². The average Bonchev–Trinajstić information content (AvgIpc) is 2.18. The maximum absolute atomic E-state index is 10.1. The molecule has 2 heteroatoms. The van der Waals surface area contributed by atoms with E-state index in [-0.39, 0.29) is 0 Å². The summed E-state index contributed by atoms with van der Waals surface area (Å²) < 4.78 is 0. The summed E-state index contributed by atoms with van der Waals surface area (Å²) in [5, 5.41) is 10.1. The van der Waals surface area contributed by atoms with E-state index in [9.17, 15) is 5.11 Å². The van der Waals surface area contributed by atoms with Crippen molar-refractivity contribution in [2.75, 3.05) is 13.1 Å². The van der Waals surface area contributed by atoms with Crippen molar-refractivity contribution in [1.29, 1.82) is 0 Å². The van der Waals surface area contributed by atoms with E-state index in [1.54, 1.807) is 0 Å². The van der Waals surface area contributed by atoms with E-state index in [4.69, 9.17) is 0 Å². The smallest absolute Gasteiger partial charge is 0.0923 e. The zero-order chi connectivity index (χ0) is 11.8. The number of β-amino-alcohol motifs (C(OH)–C–C–N with tert-alkyl or cyclic N) is 1. The monoisotopic (exact) mass is 219 g/mol. The summed E-state index contributed by atoms with van der Waals surface area (Å²) in [6.45, 7) is 8.84. The number of benzene rings is 1. The quantitative estimate of drug-likeness (QED) is 0.842. The van der Waals surface area contributed by atoms with Crippen LogP contribution < -0.4 is 0 Å². The molecule has 88 valence electrons. The van der Waals surface area contributed by atoms with Gasteiger partial charge in [-0.05, 0) is 18.4 Å². The van der Waals surface area contributed by atoms with E-state index in [2.05, 4.69) is 49.9 Å². The van der Waals surface area contributed by atoms with Gasteiger partial charge in [-0.15, -0.1) is 0 Å². The standard InChI is InChI=1S/C14H21NO/c1-11(2)14(16)9-15(10-14)8-13-6-4-12(3)5-7-13/h4-7,11,16H,8-10H2,1-3H3. The van der Waals surface area contributed by atoms with Crippen LogP contribution in [0, 0.1) is 12.8 Å². The normalized spacial score (nSPS) is 19.8. The number of hydrogen-bond acceptors (Lipinski definition) is 2. The van der Waals surface area contributed by atoms with Gasteiger partial charge in [0, 0.05) is 19.6 Å². The van der Waals surface area contributed by atoms with Crippen molar-refractivity contribution in [1.82, 2.24) is 4.90 Å². The Morgan fingerprint density at radius 2 is 1.81 bits per heavy atom. The van der Waals surface area contributed by atoms with Crippen molar-refractivity contribution < 1.29 is 5.11 Å². The highest BCUT2D eigenvalue weighted by atomic mass is 16.3. The fourth-order valence-corrected chi connectivity index (χ4v) is 2.16. The van der Waals surface area contributed by atoms with Gasteiger partial charge < -0.3 is 5.11 Å². The van der Waals surface area contributed by atoms with Gasteiger partial charge in [-0.1, -0.05) is 43.7 Å². The van der Waals surface area contributed by atoms with E-state index in [1.165, 1.54) is 11.1 Å². The van der Waals surface area contributed by atoms with Crippen molar-refractivity contribution >= 4 is 0 Å². The van der Waals surface area contributed by atoms with Crippen molar-refractivity contribution in [3.8, 4) is 0 Å². The molecule has 16 heavy (non-hydrogen) atoms. The Morgan fingerprint density at radius 1 is 1.25 bits per heavy atom. The second-order valence-electron chi connectivity index (χ2n) is 5.39. The molecule has 0 spiro atoms. The van der Waals surface area contributed by atoms with Crippen LogP contribution in [0.25, 0.3) is 0 Å². The second kappa shape index (κ2) is 4.19. The van der Waals surface area contributed by atoms with Crippen molar-refractivity contribution in [2.24, 2.45) is 5.92 Å². The molecule has 1 fully saturated rings. The molecule has 1 aliphatic rings. The summed E-state index contributed by atoms with van der Waals surface area (Å²) in [5.74, 6) is 0.349. The second-order valence-corrected chi connectivity index (χ2v) is 5.39. The number of aliphatic hydroxyl groups is 1. The average molecular weight is 219 g/mol. The highest BCUT2D eigenvalue weighted by Gasteiger charge is 2.43. The Hall–Kier alpha value is -0.860. The lowest BCUT2D eigenvalue weighted by Crippen LogP contribution is -2.63. The number of hydrogen-bond donors (Lipinski definition) is 1. The van der Waals surface area contributed by atoms with E-state index in [0.717, 1.165) is 19.6 Å². The first-order valence-electron chi connectivity index (χ1n) is 6.00. The molecule has 1 aromatic carbocycles. The molecule has 1 heterocycles. The number of likely N-dealkylation sites (tertiary alicyclic amines) is 1. The lowest BCUT2D eigenvalue weighted by molar-refractivity contribution is -0.130. The third-order valence-electron chi connectivity index (χ3n) is 3.60. The largest absolute Gasteiger partial charge is 0.387 e. The van der Waals surface area contributed by atoms with E-state index >= 15 is 0 Å². The van der Waals surface area contributed by atoms with Crippen LogP contribution in [0.3, 0.4) is 0 Å². The molecule has 0 amide bonds. The van der Waals surface area contributed by atoms with Gasteiger partial charge in [-0.2, -0.15) is 0 Å². The highest BCUT2D eigenvalue weighted by molar-refractivity contribution is 5.21. The molecule has 0 unspecified atom stereocenters. The Bertz CT molecular complexity index is 350. The van der Waals surface area contributed by atoms with Crippen molar-refractivity contribution in [3.05, 3.63) is 35.4 Å². The fourth-order valence-electron chi connectivity index (χ4n) is 2.16. The van der Waals surface area contributed by atoms with Crippen LogP contribution in [-0.4, -0.2) is 28.7 Å². The summed E-state index contributed by atoms with van der Waals surface area (Å²) >= 11 is 0. The summed E-state index contributed by atoms with van der Waals surface area (Å²) in [7, 11) is 0. The Morgan fingerprint density at radius 3 is 2.31 bits per heavy atom. The zero-order valence-electron chi connectivity index (χ0n) is 10.4. The van der Waals surface area contributed by atoms with E-state index < -0.39 is 5.60 Å². The molecular weight excluding hydrogens is 198 g/mol. The van der Waals surface area contributed by atoms with Gasteiger partial charge in [0.1, 0.15) is 0 Å². The predicted molar refractivity (Wildman–Crippen MR) is 66.2 cm³/mol. The number of nitrogens with zero attached hydrogens (tertiary/aromatic N) is 1. The van der Waals surface area contributed by atoms with Crippen LogP contribution in [0.1, 0.15) is 25.0 Å². The van der Waals surface area contributed by atoms with Gasteiger partial charge in [0.15, 0.2) is 0 Å². The first kappa shape index (κ1) is 11.6. The van der Waals surface area contributed by atoms with Crippen LogP contribution >= 0.6 is 0 Å². The van der Waals surface area contributed by atoms with Crippen LogP contribution in [0.4, 0.5) is 0 Å². The molecular formula is C14H21NO. The molecule has 0 aliphatic carbocycles. The van der Waals surface area contributed by atoms with Crippen molar-refractivity contribution in [3.63, 3.8) is 0 Å². The van der Waals surface area contributed by atoms with Gasteiger partial charge in [0.25, 0.3) is 0 Å². The summed E-state index contributed by atoms with van der Waals surface area (Å²) in [5.41, 5.74) is 2.17. The van der Waals surface area contributed by atoms with Gasteiger partial charge in [-0.3, -0.25) is 4.90 Å². The summed E-state index contributed by atoms with van der Waals surface area (Å²) in [6.07, 6.45) is 0. The zero-order valence-corrected chi connectivity index (χ0v) is 10.4. The molecule has 0 aromatic heterocycles. The van der Waals surface area contributed by atoms with Crippen LogP contribution in [0.2, 0.25) is 0 Å². The molecule has 1 aliphatic heterocycles. The Labute approximate surface area is 97.9 Å². The molecule has 2 nitrogen and oxygen atoms in total. The number of aryl methyl sites for hydroxylation is 1. The molecule has 1 saturated heterocycles. The first-order valence-corrected chi connectivity index (χ1v) is 6.00. The molecule has 2 rings (SSSR count). The minimum atomic E-state index is -0.454. The molecule has 0 radical (unpaired) electrons. The molecule has 0 bridgehead atoms. The Balaban J connectivity index is 1.88. The lowest BCUT2D eigenvalue weighted by Gasteiger charge is -2.49. The third-order valence-corrected chi connectivity index (χ3v) is 3.60. The van der Waals surface area contributed by atoms with Gasteiger partial charge >= 0.3 is 0 Å². The fraction of sp³-hybridized carbons (Fsp3) is 0.571. The molecule has 1 N–H and O–H groups in total. The minimum absolute atomic E-state index is 0.349. The van der Waals surface area contributed by atoms with E-state index in [1.807, 2.05) is 0 Å². The molecule has 0 atom stereocenters. The van der Waals surface area contributed by atoms with E-state index in [0.29, 0.717) is 5.92 Å². The molecule has 1 aromatic rings. The minimum Gasteiger partial charge on any atom is -0.387 e. The van der Waals surface area contributed by atoms with Gasteiger partial charge in [0.2, 0.25) is 0 Å². The van der Waals surface area contributed by atoms with Gasteiger partial charge in [0.05, 0.1) is 5.60 Å². The van der Waals surface area contributed by atoms with Gasteiger partial charge in [-0.25, -0.2) is 0 Å². The lowest BCUT2D eigenvalue weighted by atomic mass is 9.83. The maximum Gasteiger partial charge on any atom is 0.0923 e. The molecule has 0 saturated carbocycles. The van der Waals surface area contributed by atoms with Crippen LogP contribution in [-0.2, 0) is 6.54 Å². The van der Waals surface area contributed by atoms with Crippen LogP contribution in [0.5, 0.6) is 0 Å². The topological polar surface area (TPSA) is 23.5 Å². The summed E-state index contributed by atoms with van der Waals surface area (Å²) in [6, 6.07) is 8.62. The third kappa shape index (κ3) is 2.28. The SMILES string of the molecule is Cc1ccc(CN2CC(O)(C(C)C)C2)cc1. The predicted octanol–water partition coefficient (Wildman–Crippen LogP) is 2.20. The van der Waals surface area contributed by atoms with Crippen molar-refractivity contribution in [2.45, 2.75) is 32.9 Å². The summed E-state index contributed by atoms with van der Waals surface area (Å²) in [4.78, 5) is 2.30. The first-order chi connectivity index (χ1) is 7.49. The highest BCUT2D eigenvalue weighted by Crippen LogP contribution is 2.29. The maximum atomic E-state index is 10.1. The Kier molecular flexibility index (Phi) is 3.04. The number of rotatable bonds is 3.